The molecule has 6 nitrogen and oxygen atoms in total. The molecule has 3 aromatic carbocycles. The fourth-order valence-electron chi connectivity index (χ4n) is 3.09. The van der Waals surface area contributed by atoms with Crippen molar-refractivity contribution in [1.82, 2.24) is 0 Å². The molecule has 4 rings (SSSR count). The van der Waals surface area contributed by atoms with Gasteiger partial charge in [0.15, 0.2) is 5.76 Å². The molecule has 29 heavy (non-hydrogen) atoms. The summed E-state index contributed by atoms with van der Waals surface area (Å²) in [4.78, 5) is 23.5. The summed E-state index contributed by atoms with van der Waals surface area (Å²) in [7, 11) is 0. The third-order valence-electron chi connectivity index (χ3n) is 4.46. The smallest absolute Gasteiger partial charge is 0.291 e. The molecule has 0 aliphatic carbocycles. The predicted molar refractivity (Wildman–Crippen MR) is 111 cm³/mol. The first kappa shape index (κ1) is 18.2. The van der Waals surface area contributed by atoms with Crippen LogP contribution in [0.15, 0.2) is 95.4 Å². The zero-order valence-electron chi connectivity index (χ0n) is 15.2. The summed E-state index contributed by atoms with van der Waals surface area (Å²) in [5.74, 6) is -0.0991. The number of furan rings is 1. The Morgan fingerprint density at radius 2 is 1.45 bits per heavy atom. The molecule has 0 saturated carbocycles. The number of nitro groups is 1. The van der Waals surface area contributed by atoms with Crippen LogP contribution in [-0.2, 0) is 0 Å². The highest BCUT2D eigenvalue weighted by molar-refractivity contribution is 6.04. The van der Waals surface area contributed by atoms with E-state index in [-0.39, 0.29) is 17.2 Å². The molecule has 1 heterocycles. The molecule has 1 N–H and O–H groups in total. The molecule has 0 unspecified atom stereocenters. The van der Waals surface area contributed by atoms with Crippen molar-refractivity contribution in [3.8, 4) is 22.5 Å². The Hall–Kier alpha value is -4.19. The van der Waals surface area contributed by atoms with E-state index in [1.807, 2.05) is 54.6 Å². The molecule has 0 atom stereocenters. The third kappa shape index (κ3) is 3.77. The van der Waals surface area contributed by atoms with E-state index in [0.717, 1.165) is 11.1 Å². The molecular weight excluding hydrogens is 368 g/mol. The van der Waals surface area contributed by atoms with Crippen molar-refractivity contribution in [3.05, 3.63) is 107 Å². The fourth-order valence-corrected chi connectivity index (χ4v) is 3.09. The van der Waals surface area contributed by atoms with Crippen LogP contribution < -0.4 is 5.32 Å². The average Bonchev–Trinajstić information content (AvgIpc) is 3.25. The lowest BCUT2D eigenvalue weighted by molar-refractivity contribution is -0.384. The molecular formula is C23H16N2O4. The number of hydrogen-bond acceptors (Lipinski definition) is 4. The van der Waals surface area contributed by atoms with Gasteiger partial charge in [0.1, 0.15) is 5.76 Å². The van der Waals surface area contributed by atoms with Gasteiger partial charge in [0.25, 0.3) is 11.6 Å². The van der Waals surface area contributed by atoms with Gasteiger partial charge in [-0.2, -0.15) is 0 Å². The maximum Gasteiger partial charge on any atom is 0.291 e. The Bertz CT molecular complexity index is 1180. The quantitative estimate of drug-likeness (QED) is 0.349. The number of benzene rings is 3. The van der Waals surface area contributed by atoms with E-state index < -0.39 is 10.8 Å². The van der Waals surface area contributed by atoms with Crippen LogP contribution in [0.2, 0.25) is 0 Å². The number of amides is 1. The van der Waals surface area contributed by atoms with Crippen molar-refractivity contribution >= 4 is 17.3 Å². The van der Waals surface area contributed by atoms with Crippen LogP contribution in [0.4, 0.5) is 11.4 Å². The third-order valence-corrected chi connectivity index (χ3v) is 4.46. The minimum Gasteiger partial charge on any atom is -0.451 e. The maximum atomic E-state index is 12.7. The van der Waals surface area contributed by atoms with Gasteiger partial charge in [0.2, 0.25) is 0 Å². The van der Waals surface area contributed by atoms with Gasteiger partial charge in [0, 0.05) is 17.3 Å². The van der Waals surface area contributed by atoms with E-state index in [2.05, 4.69) is 5.32 Å². The Morgan fingerprint density at radius 1 is 0.793 bits per heavy atom. The average molecular weight is 384 g/mol. The molecule has 0 aliphatic heterocycles. The normalized spacial score (nSPS) is 10.5. The van der Waals surface area contributed by atoms with E-state index >= 15 is 0 Å². The summed E-state index contributed by atoms with van der Waals surface area (Å²) in [5, 5.41) is 14.1. The first-order valence-corrected chi connectivity index (χ1v) is 8.93. The van der Waals surface area contributed by atoms with Gasteiger partial charge in [-0.3, -0.25) is 14.9 Å². The van der Waals surface area contributed by atoms with Gasteiger partial charge >= 0.3 is 0 Å². The topological polar surface area (TPSA) is 85.4 Å². The van der Waals surface area contributed by atoms with E-state index in [1.54, 1.807) is 24.3 Å². The number of hydrogen-bond donors (Lipinski definition) is 1. The molecule has 0 spiro atoms. The van der Waals surface area contributed by atoms with Crippen molar-refractivity contribution < 1.29 is 14.1 Å². The molecule has 0 fully saturated rings. The van der Waals surface area contributed by atoms with Crippen molar-refractivity contribution in [2.75, 3.05) is 5.32 Å². The highest BCUT2D eigenvalue weighted by Crippen LogP contribution is 2.32. The molecule has 4 aromatic rings. The van der Waals surface area contributed by atoms with Crippen molar-refractivity contribution in [2.45, 2.75) is 0 Å². The van der Waals surface area contributed by atoms with Crippen LogP contribution in [0.5, 0.6) is 0 Å². The number of nitro benzene ring substituents is 1. The van der Waals surface area contributed by atoms with Gasteiger partial charge in [-0.1, -0.05) is 60.7 Å². The van der Waals surface area contributed by atoms with Crippen molar-refractivity contribution in [2.24, 2.45) is 0 Å². The summed E-state index contributed by atoms with van der Waals surface area (Å²) >= 11 is 0. The van der Waals surface area contributed by atoms with Gasteiger partial charge < -0.3 is 9.73 Å². The van der Waals surface area contributed by atoms with E-state index in [4.69, 9.17) is 4.42 Å². The van der Waals surface area contributed by atoms with E-state index in [0.29, 0.717) is 11.3 Å². The van der Waals surface area contributed by atoms with Crippen LogP contribution >= 0.6 is 0 Å². The van der Waals surface area contributed by atoms with E-state index in [9.17, 15) is 14.9 Å². The molecule has 0 saturated heterocycles. The van der Waals surface area contributed by atoms with Crippen LogP contribution in [0.3, 0.4) is 0 Å². The number of anilines is 1. The Kier molecular flexibility index (Phi) is 4.90. The standard InChI is InChI=1S/C23H16N2O4/c26-23(24-19-12-6-4-10-17(19)16-8-2-1-3-9-16)22-15-14-21(29-22)18-11-5-7-13-20(18)25(27)28/h1-15H,(H,24,26). The van der Waals surface area contributed by atoms with Crippen molar-refractivity contribution in [1.29, 1.82) is 0 Å². The van der Waals surface area contributed by atoms with Gasteiger partial charge in [-0.25, -0.2) is 0 Å². The molecule has 0 bridgehead atoms. The molecule has 0 aliphatic rings. The highest BCUT2D eigenvalue weighted by atomic mass is 16.6. The van der Waals surface area contributed by atoms with Gasteiger partial charge in [-0.15, -0.1) is 0 Å². The molecule has 6 heteroatoms. The molecule has 0 radical (unpaired) electrons. The van der Waals surface area contributed by atoms with Gasteiger partial charge in [0.05, 0.1) is 10.5 Å². The lowest BCUT2D eigenvalue weighted by Gasteiger charge is -2.10. The maximum absolute atomic E-state index is 12.7. The highest BCUT2D eigenvalue weighted by Gasteiger charge is 2.19. The van der Waals surface area contributed by atoms with Crippen LogP contribution in [0.25, 0.3) is 22.5 Å². The first-order chi connectivity index (χ1) is 14.1. The second-order valence-corrected chi connectivity index (χ2v) is 6.30. The zero-order valence-corrected chi connectivity index (χ0v) is 15.2. The number of para-hydroxylation sites is 2. The minimum absolute atomic E-state index is 0.0704. The number of rotatable bonds is 5. The van der Waals surface area contributed by atoms with Crippen molar-refractivity contribution in [3.63, 3.8) is 0 Å². The summed E-state index contributed by atoms with van der Waals surface area (Å²) < 4.78 is 5.62. The summed E-state index contributed by atoms with van der Waals surface area (Å²) in [6.07, 6.45) is 0. The molecule has 142 valence electrons. The molecule has 1 amide bonds. The summed E-state index contributed by atoms with van der Waals surface area (Å²) in [6, 6.07) is 26.5. The van der Waals surface area contributed by atoms with Crippen LogP contribution in [0.1, 0.15) is 10.6 Å². The first-order valence-electron chi connectivity index (χ1n) is 8.93. The number of carbonyl (C=O) groups excluding carboxylic acids is 1. The zero-order chi connectivity index (χ0) is 20.2. The predicted octanol–water partition coefficient (Wildman–Crippen LogP) is 5.77. The number of carbonyl (C=O) groups is 1. The second kappa shape index (κ2) is 7.82. The SMILES string of the molecule is O=C(Nc1ccccc1-c1ccccc1)c1ccc(-c2ccccc2[N+](=O)[O-])o1. The van der Waals surface area contributed by atoms with E-state index in [1.165, 1.54) is 12.1 Å². The lowest BCUT2D eigenvalue weighted by atomic mass is 10.0. The molecule has 1 aromatic heterocycles. The summed E-state index contributed by atoms with van der Waals surface area (Å²) in [6.45, 7) is 0. The summed E-state index contributed by atoms with van der Waals surface area (Å²) in [5.41, 5.74) is 2.74. The Balaban J connectivity index is 1.62. The lowest BCUT2D eigenvalue weighted by Crippen LogP contribution is -2.11. The second-order valence-electron chi connectivity index (χ2n) is 6.30. The van der Waals surface area contributed by atoms with Gasteiger partial charge in [-0.05, 0) is 29.8 Å². The largest absolute Gasteiger partial charge is 0.451 e. The van der Waals surface area contributed by atoms with Crippen LogP contribution in [0, 0.1) is 10.1 Å². The minimum atomic E-state index is -0.478. The number of nitrogens with zero attached hydrogens (tertiary/aromatic N) is 1. The Morgan fingerprint density at radius 3 is 2.21 bits per heavy atom. The van der Waals surface area contributed by atoms with Crippen LogP contribution in [-0.4, -0.2) is 10.8 Å². The number of nitrogens with one attached hydrogen (secondary N) is 1. The Labute approximate surface area is 166 Å². The fraction of sp³-hybridized carbons (Fsp3) is 0. The monoisotopic (exact) mass is 384 g/mol.